The van der Waals surface area contributed by atoms with Crippen molar-refractivity contribution in [1.29, 1.82) is 0 Å². The van der Waals surface area contributed by atoms with Gasteiger partial charge in [-0.2, -0.15) is 0 Å². The third-order valence-corrected chi connectivity index (χ3v) is 6.42. The quantitative estimate of drug-likeness (QED) is 0.515. The highest BCUT2D eigenvalue weighted by Crippen LogP contribution is 2.51. The number of rotatable bonds is 9. The van der Waals surface area contributed by atoms with Gasteiger partial charge in [-0.1, -0.05) is 74.0 Å². The van der Waals surface area contributed by atoms with Crippen LogP contribution < -0.4 is 5.32 Å². The summed E-state index contributed by atoms with van der Waals surface area (Å²) in [7, 11) is -2.31. The molecule has 0 fully saturated rings. The van der Waals surface area contributed by atoms with Crippen LogP contribution in [0.4, 0.5) is 0 Å². The van der Waals surface area contributed by atoms with Crippen LogP contribution in [-0.2, 0) is 16.9 Å². The summed E-state index contributed by atoms with van der Waals surface area (Å²) >= 11 is 0. The standard InChI is InChI=1S/C19H26NOP/c1-2-3-14-20-17-22(21,15-18-10-6-4-7-11-18)16-19-12-8-5-9-13-19/h4-13,20H,2-3,14-17H2,1H3. The van der Waals surface area contributed by atoms with E-state index in [0.29, 0.717) is 18.6 Å². The second-order valence-electron chi connectivity index (χ2n) is 5.86. The van der Waals surface area contributed by atoms with Crippen LogP contribution in [0.2, 0.25) is 0 Å². The fraction of sp³-hybridized carbons (Fsp3) is 0.368. The van der Waals surface area contributed by atoms with Crippen LogP contribution in [0.5, 0.6) is 0 Å². The third kappa shape index (κ3) is 5.79. The van der Waals surface area contributed by atoms with Crippen LogP contribution in [0, 0.1) is 0 Å². The van der Waals surface area contributed by atoms with E-state index in [4.69, 9.17) is 0 Å². The van der Waals surface area contributed by atoms with Gasteiger partial charge in [0.2, 0.25) is 0 Å². The van der Waals surface area contributed by atoms with Crippen LogP contribution in [0.3, 0.4) is 0 Å². The van der Waals surface area contributed by atoms with Gasteiger partial charge in [0.25, 0.3) is 0 Å². The van der Waals surface area contributed by atoms with Crippen molar-refractivity contribution in [3.63, 3.8) is 0 Å². The summed E-state index contributed by atoms with van der Waals surface area (Å²) in [4.78, 5) is 0. The molecule has 0 spiro atoms. The molecule has 118 valence electrons. The van der Waals surface area contributed by atoms with E-state index >= 15 is 0 Å². The maximum atomic E-state index is 13.5. The number of hydrogen-bond acceptors (Lipinski definition) is 2. The Bertz CT molecular complexity index is 537. The normalized spacial score (nSPS) is 11.5. The molecule has 0 unspecified atom stereocenters. The van der Waals surface area contributed by atoms with Crippen LogP contribution in [0.15, 0.2) is 60.7 Å². The zero-order chi connectivity index (χ0) is 15.7. The third-order valence-electron chi connectivity index (χ3n) is 3.73. The molecule has 0 radical (unpaired) electrons. The Morgan fingerprint density at radius 1 is 0.864 bits per heavy atom. The van der Waals surface area contributed by atoms with E-state index < -0.39 is 7.14 Å². The van der Waals surface area contributed by atoms with E-state index in [0.717, 1.165) is 19.4 Å². The largest absolute Gasteiger partial charge is 0.322 e. The lowest BCUT2D eigenvalue weighted by atomic mass is 10.2. The zero-order valence-electron chi connectivity index (χ0n) is 13.4. The van der Waals surface area contributed by atoms with Gasteiger partial charge in [-0.3, -0.25) is 0 Å². The van der Waals surface area contributed by atoms with Crippen molar-refractivity contribution in [2.24, 2.45) is 0 Å². The number of benzene rings is 2. The predicted molar refractivity (Wildman–Crippen MR) is 95.7 cm³/mol. The van der Waals surface area contributed by atoms with Gasteiger partial charge >= 0.3 is 0 Å². The molecule has 2 rings (SSSR count). The SMILES string of the molecule is CCCCNCP(=O)(Cc1ccccc1)Cc1ccccc1. The Morgan fingerprint density at radius 2 is 1.36 bits per heavy atom. The van der Waals surface area contributed by atoms with Crippen LogP contribution in [0.1, 0.15) is 30.9 Å². The van der Waals surface area contributed by atoms with E-state index in [1.165, 1.54) is 11.1 Å². The Labute approximate surface area is 134 Å². The van der Waals surface area contributed by atoms with Gasteiger partial charge in [0.05, 0.1) is 0 Å². The van der Waals surface area contributed by atoms with E-state index in [9.17, 15) is 4.57 Å². The lowest BCUT2D eigenvalue weighted by Crippen LogP contribution is -2.18. The average molecular weight is 315 g/mol. The Hall–Kier alpha value is -1.37. The molecule has 0 aliphatic rings. The van der Waals surface area contributed by atoms with E-state index in [1.54, 1.807) is 0 Å². The highest BCUT2D eigenvalue weighted by atomic mass is 31.2. The zero-order valence-corrected chi connectivity index (χ0v) is 14.3. The molecule has 0 amide bonds. The maximum absolute atomic E-state index is 13.5. The molecule has 0 saturated carbocycles. The summed E-state index contributed by atoms with van der Waals surface area (Å²) in [5, 5.41) is 3.40. The summed E-state index contributed by atoms with van der Waals surface area (Å²) in [6.07, 6.45) is 4.26. The van der Waals surface area contributed by atoms with E-state index in [1.807, 2.05) is 36.4 Å². The van der Waals surface area contributed by atoms with Crippen LogP contribution in [0.25, 0.3) is 0 Å². The molecule has 0 bridgehead atoms. The second-order valence-corrected chi connectivity index (χ2v) is 8.92. The molecule has 0 heterocycles. The van der Waals surface area contributed by atoms with Crippen LogP contribution >= 0.6 is 7.14 Å². The lowest BCUT2D eigenvalue weighted by Gasteiger charge is -2.19. The Morgan fingerprint density at radius 3 is 1.82 bits per heavy atom. The smallest absolute Gasteiger partial charge is 0.109 e. The molecule has 3 heteroatoms. The van der Waals surface area contributed by atoms with Crippen LogP contribution in [-0.4, -0.2) is 12.8 Å². The Balaban J connectivity index is 2.07. The van der Waals surface area contributed by atoms with Crippen molar-refractivity contribution in [2.75, 3.05) is 12.8 Å². The van der Waals surface area contributed by atoms with Crippen molar-refractivity contribution in [3.05, 3.63) is 71.8 Å². The van der Waals surface area contributed by atoms with Crippen molar-refractivity contribution in [2.45, 2.75) is 32.1 Å². The molecular weight excluding hydrogens is 289 g/mol. The summed E-state index contributed by atoms with van der Waals surface area (Å²) in [5.41, 5.74) is 2.33. The summed E-state index contributed by atoms with van der Waals surface area (Å²) < 4.78 is 13.5. The molecular formula is C19H26NOP. The minimum atomic E-state index is -2.31. The minimum Gasteiger partial charge on any atom is -0.322 e. The van der Waals surface area contributed by atoms with Gasteiger partial charge in [0, 0.05) is 18.6 Å². The van der Waals surface area contributed by atoms with Gasteiger partial charge in [-0.25, -0.2) is 0 Å². The van der Waals surface area contributed by atoms with Gasteiger partial charge in [-0.05, 0) is 24.1 Å². The first kappa shape index (κ1) is 17.0. The summed E-state index contributed by atoms with van der Waals surface area (Å²) in [6.45, 7) is 3.12. The van der Waals surface area contributed by atoms with Gasteiger partial charge < -0.3 is 9.88 Å². The second kappa shape index (κ2) is 8.92. The topological polar surface area (TPSA) is 29.1 Å². The van der Waals surface area contributed by atoms with Crippen molar-refractivity contribution in [1.82, 2.24) is 5.32 Å². The average Bonchev–Trinajstić information content (AvgIpc) is 2.53. The summed E-state index contributed by atoms with van der Waals surface area (Å²) in [6, 6.07) is 20.4. The molecule has 0 aromatic heterocycles. The molecule has 2 aromatic carbocycles. The van der Waals surface area contributed by atoms with Gasteiger partial charge in [0.15, 0.2) is 0 Å². The fourth-order valence-electron chi connectivity index (χ4n) is 2.58. The van der Waals surface area contributed by atoms with E-state index in [2.05, 4.69) is 36.5 Å². The predicted octanol–water partition coefficient (Wildman–Crippen LogP) is 5.10. The Kier molecular flexibility index (Phi) is 6.89. The van der Waals surface area contributed by atoms with Crippen molar-refractivity contribution >= 4 is 7.14 Å². The van der Waals surface area contributed by atoms with Crippen molar-refractivity contribution in [3.8, 4) is 0 Å². The minimum absolute atomic E-state index is 0.622. The molecule has 2 aromatic rings. The monoisotopic (exact) mass is 315 g/mol. The first-order valence-corrected chi connectivity index (χ1v) is 10.3. The molecule has 0 aliphatic carbocycles. The van der Waals surface area contributed by atoms with E-state index in [-0.39, 0.29) is 0 Å². The lowest BCUT2D eigenvalue weighted by molar-refractivity contribution is 0.565. The molecule has 0 atom stereocenters. The summed E-state index contributed by atoms with van der Waals surface area (Å²) in [5.74, 6) is 0. The maximum Gasteiger partial charge on any atom is 0.109 e. The number of nitrogens with one attached hydrogen (secondary N) is 1. The molecule has 22 heavy (non-hydrogen) atoms. The number of unbranched alkanes of at least 4 members (excludes halogenated alkanes) is 1. The molecule has 1 N–H and O–H groups in total. The first-order valence-electron chi connectivity index (χ1n) is 8.07. The molecule has 0 aliphatic heterocycles. The van der Waals surface area contributed by atoms with Crippen molar-refractivity contribution < 1.29 is 4.57 Å². The van der Waals surface area contributed by atoms with Gasteiger partial charge in [0.1, 0.15) is 7.14 Å². The number of hydrogen-bond donors (Lipinski definition) is 1. The fourth-order valence-corrected chi connectivity index (χ4v) is 5.24. The first-order chi connectivity index (χ1) is 10.7. The molecule has 2 nitrogen and oxygen atoms in total. The molecule has 0 saturated heterocycles. The highest BCUT2D eigenvalue weighted by Gasteiger charge is 2.22. The van der Waals surface area contributed by atoms with Gasteiger partial charge in [-0.15, -0.1) is 0 Å². The highest BCUT2D eigenvalue weighted by molar-refractivity contribution is 7.62.